The number of amides is 1. The van der Waals surface area contributed by atoms with Crippen molar-refractivity contribution in [2.75, 3.05) is 39.3 Å². The van der Waals surface area contributed by atoms with Crippen LogP contribution < -0.4 is 11.1 Å². The summed E-state index contributed by atoms with van der Waals surface area (Å²) < 4.78 is 0. The minimum atomic E-state index is -0.0580. The summed E-state index contributed by atoms with van der Waals surface area (Å²) in [4.78, 5) is 17.7. The van der Waals surface area contributed by atoms with Gasteiger partial charge in [0.2, 0.25) is 5.91 Å². The molecule has 0 aliphatic carbocycles. The van der Waals surface area contributed by atoms with Crippen LogP contribution in [0.1, 0.15) is 58.8 Å². The number of likely N-dealkylation sites (tertiary alicyclic amines) is 1. The van der Waals surface area contributed by atoms with Gasteiger partial charge >= 0.3 is 0 Å². The first-order valence-corrected chi connectivity index (χ1v) is 10.1. The van der Waals surface area contributed by atoms with E-state index in [9.17, 15) is 4.79 Å². The Hall–Kier alpha value is -0.650. The number of rotatable bonds is 8. The molecule has 5 heteroatoms. The van der Waals surface area contributed by atoms with Crippen molar-refractivity contribution < 1.29 is 4.79 Å². The molecule has 0 saturated carbocycles. The lowest BCUT2D eigenvalue weighted by molar-refractivity contribution is -0.133. The molecule has 0 aromatic rings. The molecule has 2 fully saturated rings. The summed E-state index contributed by atoms with van der Waals surface area (Å²) in [6, 6.07) is 0.212. The molecule has 1 amide bonds. The van der Waals surface area contributed by atoms with Gasteiger partial charge in [-0.3, -0.25) is 4.79 Å². The van der Waals surface area contributed by atoms with Crippen LogP contribution in [-0.4, -0.2) is 67.1 Å². The Balaban J connectivity index is 1.95. The molecular formula is C19H38N4O. The van der Waals surface area contributed by atoms with Gasteiger partial charge in [-0.2, -0.15) is 0 Å². The van der Waals surface area contributed by atoms with E-state index in [4.69, 9.17) is 5.73 Å². The van der Waals surface area contributed by atoms with E-state index in [1.807, 2.05) is 0 Å². The summed E-state index contributed by atoms with van der Waals surface area (Å²) in [5.41, 5.74) is 5.92. The van der Waals surface area contributed by atoms with Gasteiger partial charge in [0.25, 0.3) is 0 Å². The zero-order valence-electron chi connectivity index (χ0n) is 15.8. The summed E-state index contributed by atoms with van der Waals surface area (Å²) in [6.45, 7) is 10.2. The van der Waals surface area contributed by atoms with Crippen molar-refractivity contribution >= 4 is 5.91 Å². The highest BCUT2D eigenvalue weighted by Gasteiger charge is 2.31. The third kappa shape index (κ3) is 5.71. The summed E-state index contributed by atoms with van der Waals surface area (Å²) in [7, 11) is 0. The normalized spacial score (nSPS) is 26.8. The smallest absolute Gasteiger partial charge is 0.239 e. The summed E-state index contributed by atoms with van der Waals surface area (Å²) in [6.07, 6.45) is 8.14. The standard InChI is InChI=1S/C19H38N4O/c1-3-16(4-2)15-23-13-8-17(14-20)21-18(19(23)24)9-12-22-10-6-5-7-11-22/h16-18,21H,3-15,20H2,1-2H3/t17-,18-/m0/s1. The van der Waals surface area contributed by atoms with Gasteiger partial charge in [0.1, 0.15) is 0 Å². The fourth-order valence-electron chi connectivity index (χ4n) is 4.01. The van der Waals surface area contributed by atoms with Crippen LogP contribution in [0.3, 0.4) is 0 Å². The molecule has 3 N–H and O–H groups in total. The van der Waals surface area contributed by atoms with Gasteiger partial charge in [0.15, 0.2) is 0 Å². The third-order valence-electron chi connectivity index (χ3n) is 5.89. The van der Waals surface area contributed by atoms with Crippen molar-refractivity contribution in [3.8, 4) is 0 Å². The highest BCUT2D eigenvalue weighted by molar-refractivity contribution is 5.82. The molecule has 2 atom stereocenters. The predicted octanol–water partition coefficient (Wildman–Crippen LogP) is 1.82. The van der Waals surface area contributed by atoms with E-state index in [2.05, 4.69) is 29.0 Å². The Kier molecular flexibility index (Phi) is 8.50. The maximum Gasteiger partial charge on any atom is 0.239 e. The predicted molar refractivity (Wildman–Crippen MR) is 99.9 cm³/mol. The van der Waals surface area contributed by atoms with E-state index >= 15 is 0 Å². The second-order valence-corrected chi connectivity index (χ2v) is 7.60. The fourth-order valence-corrected chi connectivity index (χ4v) is 4.01. The molecule has 0 spiro atoms. The Morgan fingerprint density at radius 1 is 1.17 bits per heavy atom. The quantitative estimate of drug-likeness (QED) is 0.709. The average Bonchev–Trinajstić information content (AvgIpc) is 2.78. The number of carbonyl (C=O) groups is 1. The van der Waals surface area contributed by atoms with Gasteiger partial charge in [-0.15, -0.1) is 0 Å². The van der Waals surface area contributed by atoms with Crippen LogP contribution in [0.15, 0.2) is 0 Å². The maximum atomic E-state index is 13.1. The number of hydrogen-bond donors (Lipinski definition) is 2. The number of hydrogen-bond acceptors (Lipinski definition) is 4. The van der Waals surface area contributed by atoms with Gasteiger partial charge in [0.05, 0.1) is 6.04 Å². The van der Waals surface area contributed by atoms with Crippen molar-refractivity contribution in [2.45, 2.75) is 70.9 Å². The molecule has 2 heterocycles. The van der Waals surface area contributed by atoms with Crippen LogP contribution in [-0.2, 0) is 4.79 Å². The largest absolute Gasteiger partial charge is 0.341 e. The lowest BCUT2D eigenvalue weighted by atomic mass is 10.0. The van der Waals surface area contributed by atoms with Gasteiger partial charge in [-0.25, -0.2) is 0 Å². The molecule has 2 aliphatic heterocycles. The molecule has 24 heavy (non-hydrogen) atoms. The summed E-state index contributed by atoms with van der Waals surface area (Å²) in [5.74, 6) is 0.918. The molecule has 2 rings (SSSR count). The third-order valence-corrected chi connectivity index (χ3v) is 5.89. The molecule has 0 aromatic carbocycles. The molecule has 2 saturated heterocycles. The maximum absolute atomic E-state index is 13.1. The zero-order chi connectivity index (χ0) is 17.4. The number of piperidine rings is 1. The lowest BCUT2D eigenvalue weighted by Gasteiger charge is -2.30. The fraction of sp³-hybridized carbons (Fsp3) is 0.947. The molecule has 0 bridgehead atoms. The Morgan fingerprint density at radius 3 is 2.50 bits per heavy atom. The molecule has 0 aromatic heterocycles. The van der Waals surface area contributed by atoms with Gasteiger partial charge in [0, 0.05) is 32.2 Å². The monoisotopic (exact) mass is 338 g/mol. The summed E-state index contributed by atoms with van der Waals surface area (Å²) in [5, 5.41) is 3.55. The minimum absolute atomic E-state index is 0.0580. The molecule has 140 valence electrons. The van der Waals surface area contributed by atoms with E-state index in [1.165, 1.54) is 32.4 Å². The van der Waals surface area contributed by atoms with E-state index in [0.29, 0.717) is 18.4 Å². The molecule has 0 unspecified atom stereocenters. The Bertz CT molecular complexity index is 366. The van der Waals surface area contributed by atoms with Crippen molar-refractivity contribution in [1.82, 2.24) is 15.1 Å². The molecular weight excluding hydrogens is 300 g/mol. The topological polar surface area (TPSA) is 61.6 Å². The number of nitrogens with one attached hydrogen (secondary N) is 1. The lowest BCUT2D eigenvalue weighted by Crippen LogP contribution is -2.49. The van der Waals surface area contributed by atoms with Crippen molar-refractivity contribution in [3.63, 3.8) is 0 Å². The van der Waals surface area contributed by atoms with Crippen molar-refractivity contribution in [2.24, 2.45) is 11.7 Å². The Morgan fingerprint density at radius 2 is 1.88 bits per heavy atom. The minimum Gasteiger partial charge on any atom is -0.341 e. The number of carbonyl (C=O) groups excluding carboxylic acids is 1. The van der Waals surface area contributed by atoms with Gasteiger partial charge in [-0.1, -0.05) is 33.1 Å². The van der Waals surface area contributed by atoms with Crippen molar-refractivity contribution in [1.29, 1.82) is 0 Å². The Labute approximate surface area is 148 Å². The SMILES string of the molecule is CCC(CC)CN1CC[C@@H](CN)N[C@@H](CCN2CCCCC2)C1=O. The first-order valence-electron chi connectivity index (χ1n) is 10.1. The van der Waals surface area contributed by atoms with Crippen LogP contribution in [0.5, 0.6) is 0 Å². The summed E-state index contributed by atoms with van der Waals surface area (Å²) >= 11 is 0. The zero-order valence-corrected chi connectivity index (χ0v) is 15.8. The van der Waals surface area contributed by atoms with Crippen molar-refractivity contribution in [3.05, 3.63) is 0 Å². The van der Waals surface area contributed by atoms with E-state index < -0.39 is 0 Å². The van der Waals surface area contributed by atoms with Crippen LogP contribution >= 0.6 is 0 Å². The van der Waals surface area contributed by atoms with Crippen LogP contribution in [0.4, 0.5) is 0 Å². The highest BCUT2D eigenvalue weighted by atomic mass is 16.2. The number of nitrogens with zero attached hydrogens (tertiary/aromatic N) is 2. The first-order chi connectivity index (χ1) is 11.7. The average molecular weight is 339 g/mol. The van der Waals surface area contributed by atoms with E-state index in [0.717, 1.165) is 45.3 Å². The highest BCUT2D eigenvalue weighted by Crippen LogP contribution is 2.17. The number of nitrogens with two attached hydrogens (primary N) is 1. The molecule has 0 radical (unpaired) electrons. The first kappa shape index (κ1) is 19.7. The van der Waals surface area contributed by atoms with Crippen LogP contribution in [0, 0.1) is 5.92 Å². The molecule has 2 aliphatic rings. The molecule has 5 nitrogen and oxygen atoms in total. The van der Waals surface area contributed by atoms with Crippen LogP contribution in [0.25, 0.3) is 0 Å². The van der Waals surface area contributed by atoms with E-state index in [1.54, 1.807) is 0 Å². The second kappa shape index (κ2) is 10.4. The second-order valence-electron chi connectivity index (χ2n) is 7.60. The van der Waals surface area contributed by atoms with Gasteiger partial charge in [-0.05, 0) is 44.7 Å². The van der Waals surface area contributed by atoms with E-state index in [-0.39, 0.29) is 12.1 Å². The van der Waals surface area contributed by atoms with Gasteiger partial charge < -0.3 is 20.9 Å². The van der Waals surface area contributed by atoms with Crippen LogP contribution in [0.2, 0.25) is 0 Å².